The van der Waals surface area contributed by atoms with E-state index in [4.69, 9.17) is 0 Å². The minimum absolute atomic E-state index is 0.0338. The molecule has 1 fully saturated rings. The fraction of sp³-hybridized carbons (Fsp3) is 0.400. The van der Waals surface area contributed by atoms with Crippen LogP contribution in [-0.4, -0.2) is 29.6 Å². The average molecular weight is 372 g/mol. The predicted octanol–water partition coefficient (Wildman–Crippen LogP) is 3.04. The van der Waals surface area contributed by atoms with Crippen LogP contribution >= 0.6 is 11.3 Å². The summed E-state index contributed by atoms with van der Waals surface area (Å²) in [5, 5.41) is 14.1. The highest BCUT2D eigenvalue weighted by Crippen LogP contribution is 2.41. The summed E-state index contributed by atoms with van der Waals surface area (Å²) >= 11 is 1.56. The normalized spacial score (nSPS) is 21.5. The number of hydrogen-bond acceptors (Lipinski definition) is 4. The third-order valence-electron chi connectivity index (χ3n) is 4.74. The van der Waals surface area contributed by atoms with Crippen LogP contribution in [0.15, 0.2) is 41.8 Å². The van der Waals surface area contributed by atoms with Gasteiger partial charge >= 0.3 is 0 Å². The monoisotopic (exact) mass is 372 g/mol. The smallest absolute Gasteiger partial charge is 0.227 e. The lowest BCUT2D eigenvalue weighted by molar-refractivity contribution is -0.130. The van der Waals surface area contributed by atoms with Gasteiger partial charge in [-0.25, -0.2) is 0 Å². The van der Waals surface area contributed by atoms with Gasteiger partial charge in [-0.3, -0.25) is 9.59 Å². The summed E-state index contributed by atoms with van der Waals surface area (Å²) in [4.78, 5) is 28.4. The van der Waals surface area contributed by atoms with Crippen molar-refractivity contribution in [2.75, 3.05) is 11.5 Å². The molecule has 0 aliphatic carbocycles. The van der Waals surface area contributed by atoms with Crippen molar-refractivity contribution in [2.24, 2.45) is 5.92 Å². The van der Waals surface area contributed by atoms with Gasteiger partial charge < -0.3 is 15.3 Å². The van der Waals surface area contributed by atoms with Crippen molar-refractivity contribution in [2.45, 2.75) is 38.8 Å². The van der Waals surface area contributed by atoms with Gasteiger partial charge in [-0.2, -0.15) is 0 Å². The van der Waals surface area contributed by atoms with Crippen molar-refractivity contribution < 1.29 is 14.7 Å². The predicted molar refractivity (Wildman–Crippen MR) is 103 cm³/mol. The summed E-state index contributed by atoms with van der Waals surface area (Å²) in [6.07, 6.45) is 0.842. The quantitative estimate of drug-likeness (QED) is 0.848. The summed E-state index contributed by atoms with van der Waals surface area (Å²) in [6, 6.07) is 11.1. The molecule has 3 rings (SSSR count). The van der Waals surface area contributed by atoms with E-state index in [2.05, 4.69) is 5.32 Å². The van der Waals surface area contributed by atoms with E-state index < -0.39 is 0 Å². The number of rotatable bonds is 5. The first-order valence-electron chi connectivity index (χ1n) is 8.84. The standard InChI is InChI=1S/C20H24N2O3S/c1-13-5-7-15(8-6-13)22-18(24)10-9-16(20(25)21-14(2)12-23)19(22)17-4-3-11-26-17/h3-8,11,14,16,19,23H,9-10,12H2,1-2H3,(H,21,25)/t14-,16-,19-/m0/s1. The highest BCUT2D eigenvalue weighted by Gasteiger charge is 2.42. The van der Waals surface area contributed by atoms with Crippen molar-refractivity contribution in [1.82, 2.24) is 5.32 Å². The van der Waals surface area contributed by atoms with Crippen molar-refractivity contribution >= 4 is 28.8 Å². The van der Waals surface area contributed by atoms with Gasteiger partial charge in [0.2, 0.25) is 11.8 Å². The number of aliphatic hydroxyl groups excluding tert-OH is 1. The maximum absolute atomic E-state index is 12.9. The molecule has 2 aromatic rings. The minimum atomic E-state index is -0.346. The Morgan fingerprint density at radius 3 is 2.69 bits per heavy atom. The topological polar surface area (TPSA) is 69.6 Å². The maximum Gasteiger partial charge on any atom is 0.227 e. The Morgan fingerprint density at radius 1 is 1.35 bits per heavy atom. The van der Waals surface area contributed by atoms with Gasteiger partial charge in [-0.05, 0) is 43.8 Å². The van der Waals surface area contributed by atoms with Crippen LogP contribution < -0.4 is 10.2 Å². The number of aryl methyl sites for hydroxylation is 1. The molecule has 0 unspecified atom stereocenters. The number of hydrogen-bond donors (Lipinski definition) is 2. The number of nitrogens with zero attached hydrogens (tertiary/aromatic N) is 1. The molecule has 1 aliphatic rings. The molecule has 0 saturated carbocycles. The number of benzene rings is 1. The Hall–Kier alpha value is -2.18. The lowest BCUT2D eigenvalue weighted by atomic mass is 9.86. The van der Waals surface area contributed by atoms with Crippen LogP contribution in [0.4, 0.5) is 5.69 Å². The fourth-order valence-corrected chi connectivity index (χ4v) is 4.24. The average Bonchev–Trinajstić information content (AvgIpc) is 3.16. The highest BCUT2D eigenvalue weighted by atomic mass is 32.1. The molecule has 138 valence electrons. The molecule has 0 bridgehead atoms. The number of thiophene rings is 1. The molecule has 0 radical (unpaired) electrons. The Bertz CT molecular complexity index is 758. The van der Waals surface area contributed by atoms with Crippen LogP contribution in [0.5, 0.6) is 0 Å². The first-order chi connectivity index (χ1) is 12.5. The van der Waals surface area contributed by atoms with Crippen LogP contribution in [0, 0.1) is 12.8 Å². The number of anilines is 1. The number of amides is 2. The van der Waals surface area contributed by atoms with Crippen LogP contribution in [0.25, 0.3) is 0 Å². The highest BCUT2D eigenvalue weighted by molar-refractivity contribution is 7.10. The molecule has 26 heavy (non-hydrogen) atoms. The summed E-state index contributed by atoms with van der Waals surface area (Å²) < 4.78 is 0. The van der Waals surface area contributed by atoms with Gasteiger partial charge in [0.1, 0.15) is 0 Å². The van der Waals surface area contributed by atoms with E-state index in [0.717, 1.165) is 16.1 Å². The maximum atomic E-state index is 12.9. The minimum Gasteiger partial charge on any atom is -0.394 e. The summed E-state index contributed by atoms with van der Waals surface area (Å²) in [5.41, 5.74) is 1.93. The third kappa shape index (κ3) is 3.81. The van der Waals surface area contributed by atoms with Crippen molar-refractivity contribution in [3.63, 3.8) is 0 Å². The van der Waals surface area contributed by atoms with E-state index >= 15 is 0 Å². The largest absolute Gasteiger partial charge is 0.394 e. The number of carbonyl (C=O) groups is 2. The van der Waals surface area contributed by atoms with Crippen LogP contribution in [0.1, 0.15) is 36.2 Å². The van der Waals surface area contributed by atoms with E-state index in [1.165, 1.54) is 0 Å². The number of carbonyl (C=O) groups excluding carboxylic acids is 2. The molecule has 5 nitrogen and oxygen atoms in total. The third-order valence-corrected chi connectivity index (χ3v) is 5.69. The lowest BCUT2D eigenvalue weighted by Crippen LogP contribution is -2.49. The molecule has 2 N–H and O–H groups in total. The Kier molecular flexibility index (Phi) is 5.74. The molecule has 6 heteroatoms. The van der Waals surface area contributed by atoms with E-state index in [0.29, 0.717) is 12.8 Å². The molecule has 1 aromatic heterocycles. The SMILES string of the molecule is Cc1ccc(N2C(=O)CC[C@H](C(=O)N[C@@H](C)CO)[C@H]2c2cccs2)cc1. The molecule has 2 heterocycles. The number of piperidine rings is 1. The fourth-order valence-electron chi connectivity index (χ4n) is 3.36. The van der Waals surface area contributed by atoms with Gasteiger partial charge in [0.05, 0.1) is 18.6 Å². The zero-order valence-corrected chi connectivity index (χ0v) is 15.8. The second kappa shape index (κ2) is 8.01. The second-order valence-electron chi connectivity index (χ2n) is 6.80. The summed E-state index contributed by atoms with van der Waals surface area (Å²) in [5.74, 6) is -0.428. The molecule has 2 amide bonds. The van der Waals surface area contributed by atoms with Gasteiger partial charge in [0.25, 0.3) is 0 Å². The summed E-state index contributed by atoms with van der Waals surface area (Å²) in [7, 11) is 0. The van der Waals surface area contributed by atoms with Crippen LogP contribution in [-0.2, 0) is 9.59 Å². The van der Waals surface area contributed by atoms with E-state index in [9.17, 15) is 14.7 Å². The molecule has 1 saturated heterocycles. The first-order valence-corrected chi connectivity index (χ1v) is 9.72. The molecular formula is C20H24N2O3S. The zero-order valence-electron chi connectivity index (χ0n) is 15.0. The first kappa shape index (κ1) is 18.6. The van der Waals surface area contributed by atoms with Crippen molar-refractivity contribution in [3.8, 4) is 0 Å². The van der Waals surface area contributed by atoms with Gasteiger partial charge in [0.15, 0.2) is 0 Å². The molecular weight excluding hydrogens is 348 g/mol. The molecule has 1 aliphatic heterocycles. The Labute approximate surface area is 157 Å². The van der Waals surface area contributed by atoms with Crippen molar-refractivity contribution in [3.05, 3.63) is 52.2 Å². The molecule has 3 atom stereocenters. The van der Waals surface area contributed by atoms with Gasteiger partial charge in [-0.15, -0.1) is 11.3 Å². The second-order valence-corrected chi connectivity index (χ2v) is 7.78. The zero-order chi connectivity index (χ0) is 18.7. The van der Waals surface area contributed by atoms with E-state index in [1.807, 2.05) is 48.7 Å². The summed E-state index contributed by atoms with van der Waals surface area (Å²) in [6.45, 7) is 3.66. The van der Waals surface area contributed by atoms with Crippen LogP contribution in [0.3, 0.4) is 0 Å². The van der Waals surface area contributed by atoms with Gasteiger partial charge in [-0.1, -0.05) is 23.8 Å². The van der Waals surface area contributed by atoms with Crippen molar-refractivity contribution in [1.29, 1.82) is 0 Å². The Morgan fingerprint density at radius 2 is 2.08 bits per heavy atom. The van der Waals surface area contributed by atoms with E-state index in [1.54, 1.807) is 23.2 Å². The van der Waals surface area contributed by atoms with Gasteiger partial charge in [0, 0.05) is 23.0 Å². The van der Waals surface area contributed by atoms with Crippen LogP contribution in [0.2, 0.25) is 0 Å². The Balaban J connectivity index is 1.99. The number of nitrogens with one attached hydrogen (secondary N) is 1. The molecule has 1 aromatic carbocycles. The number of aliphatic hydroxyl groups is 1. The van der Waals surface area contributed by atoms with E-state index in [-0.39, 0.29) is 36.4 Å². The molecule has 0 spiro atoms. The lowest BCUT2D eigenvalue weighted by Gasteiger charge is -2.40.